The molecule has 3 rings (SSSR count). The van der Waals surface area contributed by atoms with E-state index >= 15 is 0 Å². The fraction of sp³-hybridized carbons (Fsp3) is 0.444. The predicted octanol–water partition coefficient (Wildman–Crippen LogP) is 4.75. The first-order valence-corrected chi connectivity index (χ1v) is 10.00. The van der Waals surface area contributed by atoms with Crippen LogP contribution in [0.5, 0.6) is 0 Å². The molecule has 0 spiro atoms. The minimum Gasteiger partial charge on any atom is -0.462 e. The summed E-state index contributed by atoms with van der Waals surface area (Å²) in [6.07, 6.45) is 4.10. The fourth-order valence-corrected chi connectivity index (χ4v) is 5.05. The first-order valence-electron chi connectivity index (χ1n) is 8.30. The molecule has 2 aromatic rings. The van der Waals surface area contributed by atoms with Gasteiger partial charge in [-0.2, -0.15) is 0 Å². The van der Waals surface area contributed by atoms with E-state index in [1.807, 2.05) is 11.4 Å². The Morgan fingerprint density at radius 2 is 2.21 bits per heavy atom. The van der Waals surface area contributed by atoms with E-state index in [-0.39, 0.29) is 11.9 Å². The lowest BCUT2D eigenvalue weighted by molar-refractivity contribution is 0.0526. The third kappa shape index (κ3) is 3.39. The number of nitrogens with one attached hydrogen (secondary N) is 1. The molecule has 4 nitrogen and oxygen atoms in total. The standard InChI is InChI=1S/C18H21NO3S2/c1-3-11-7-8-12-14(10-11)24-17(15(12)18(21)22-4-2)19-16(20)13-6-5-9-23-13/h5-6,9,11H,3-4,7-8,10H2,1-2H3,(H,19,20). The summed E-state index contributed by atoms with van der Waals surface area (Å²) in [5.41, 5.74) is 1.64. The number of thiophene rings is 2. The van der Waals surface area contributed by atoms with Gasteiger partial charge < -0.3 is 10.1 Å². The van der Waals surface area contributed by atoms with Crippen LogP contribution in [0, 0.1) is 5.92 Å². The van der Waals surface area contributed by atoms with E-state index in [0.29, 0.717) is 28.0 Å². The second-order valence-corrected chi connectivity index (χ2v) is 7.93. The van der Waals surface area contributed by atoms with E-state index in [0.717, 1.165) is 31.2 Å². The van der Waals surface area contributed by atoms with Crippen molar-refractivity contribution in [2.45, 2.75) is 39.5 Å². The van der Waals surface area contributed by atoms with Crippen LogP contribution >= 0.6 is 22.7 Å². The van der Waals surface area contributed by atoms with Gasteiger partial charge in [0.1, 0.15) is 5.00 Å². The van der Waals surface area contributed by atoms with Crippen LogP contribution in [0.2, 0.25) is 0 Å². The number of hydrogen-bond acceptors (Lipinski definition) is 5. The van der Waals surface area contributed by atoms with Crippen LogP contribution in [-0.2, 0) is 17.6 Å². The van der Waals surface area contributed by atoms with Gasteiger partial charge in [-0.15, -0.1) is 22.7 Å². The SMILES string of the molecule is CCOC(=O)c1c(NC(=O)c2cccs2)sc2c1CCC(CC)C2. The average molecular weight is 364 g/mol. The minimum atomic E-state index is -0.327. The molecule has 0 saturated heterocycles. The second kappa shape index (κ2) is 7.49. The summed E-state index contributed by atoms with van der Waals surface area (Å²) < 4.78 is 5.24. The molecular weight excluding hydrogens is 342 g/mol. The van der Waals surface area contributed by atoms with Crippen LogP contribution in [0.4, 0.5) is 5.00 Å². The maximum absolute atomic E-state index is 12.5. The highest BCUT2D eigenvalue weighted by Crippen LogP contribution is 2.41. The van der Waals surface area contributed by atoms with Crippen molar-refractivity contribution in [1.82, 2.24) is 0 Å². The van der Waals surface area contributed by atoms with Gasteiger partial charge in [0.2, 0.25) is 0 Å². The lowest BCUT2D eigenvalue weighted by atomic mass is 9.85. The molecule has 1 unspecified atom stereocenters. The smallest absolute Gasteiger partial charge is 0.341 e. The fourth-order valence-electron chi connectivity index (χ4n) is 3.08. The zero-order chi connectivity index (χ0) is 17.1. The Morgan fingerprint density at radius 3 is 2.88 bits per heavy atom. The first kappa shape index (κ1) is 17.2. The molecule has 0 bridgehead atoms. The lowest BCUT2D eigenvalue weighted by Crippen LogP contribution is -2.16. The Kier molecular flexibility index (Phi) is 5.36. The van der Waals surface area contributed by atoms with Gasteiger partial charge in [-0.05, 0) is 49.1 Å². The largest absolute Gasteiger partial charge is 0.462 e. The molecule has 1 aliphatic carbocycles. The van der Waals surface area contributed by atoms with E-state index in [4.69, 9.17) is 4.74 Å². The first-order chi connectivity index (χ1) is 11.6. The number of rotatable bonds is 5. The molecule has 24 heavy (non-hydrogen) atoms. The van der Waals surface area contributed by atoms with Crippen molar-refractivity contribution in [2.75, 3.05) is 11.9 Å². The Balaban J connectivity index is 1.93. The van der Waals surface area contributed by atoms with E-state index in [2.05, 4.69) is 12.2 Å². The van der Waals surface area contributed by atoms with Crippen molar-refractivity contribution in [3.8, 4) is 0 Å². The third-order valence-electron chi connectivity index (χ3n) is 4.40. The highest BCUT2D eigenvalue weighted by Gasteiger charge is 2.30. The summed E-state index contributed by atoms with van der Waals surface area (Å²) in [5.74, 6) is 0.166. The topological polar surface area (TPSA) is 55.4 Å². The van der Waals surface area contributed by atoms with Crippen molar-refractivity contribution in [3.05, 3.63) is 38.4 Å². The Labute approximate surface area is 149 Å². The van der Waals surface area contributed by atoms with Gasteiger partial charge in [0, 0.05) is 4.88 Å². The summed E-state index contributed by atoms with van der Waals surface area (Å²) in [6.45, 7) is 4.34. The molecule has 0 aliphatic heterocycles. The van der Waals surface area contributed by atoms with Gasteiger partial charge in [0.15, 0.2) is 0 Å². The number of hydrogen-bond donors (Lipinski definition) is 1. The van der Waals surface area contributed by atoms with Gasteiger partial charge in [-0.1, -0.05) is 19.4 Å². The van der Waals surface area contributed by atoms with E-state index in [1.165, 1.54) is 27.6 Å². The van der Waals surface area contributed by atoms with Gasteiger partial charge in [0.05, 0.1) is 17.0 Å². The van der Waals surface area contributed by atoms with E-state index < -0.39 is 0 Å². The van der Waals surface area contributed by atoms with Crippen molar-refractivity contribution >= 4 is 39.6 Å². The number of amides is 1. The molecule has 1 atom stereocenters. The van der Waals surface area contributed by atoms with Crippen LogP contribution < -0.4 is 5.32 Å². The van der Waals surface area contributed by atoms with Crippen LogP contribution in [0.25, 0.3) is 0 Å². The molecule has 1 aliphatic rings. The summed E-state index contributed by atoms with van der Waals surface area (Å²) in [4.78, 5) is 26.7. The zero-order valence-electron chi connectivity index (χ0n) is 13.9. The summed E-state index contributed by atoms with van der Waals surface area (Å²) in [6, 6.07) is 3.63. The Bertz CT molecular complexity index is 734. The molecule has 128 valence electrons. The third-order valence-corrected chi connectivity index (χ3v) is 6.43. The van der Waals surface area contributed by atoms with E-state index in [1.54, 1.807) is 13.0 Å². The van der Waals surface area contributed by atoms with Crippen LogP contribution in [-0.4, -0.2) is 18.5 Å². The number of carbonyl (C=O) groups excluding carboxylic acids is 2. The number of anilines is 1. The predicted molar refractivity (Wildman–Crippen MR) is 98.4 cm³/mol. The summed E-state index contributed by atoms with van der Waals surface area (Å²) in [5, 5.41) is 5.43. The number of ether oxygens (including phenoxy) is 1. The molecule has 0 fully saturated rings. The normalized spacial score (nSPS) is 16.5. The highest BCUT2D eigenvalue weighted by atomic mass is 32.1. The maximum atomic E-state index is 12.5. The number of esters is 1. The van der Waals surface area contributed by atoms with Crippen molar-refractivity contribution in [1.29, 1.82) is 0 Å². The van der Waals surface area contributed by atoms with Crippen LogP contribution in [0.15, 0.2) is 17.5 Å². The van der Waals surface area contributed by atoms with Crippen molar-refractivity contribution in [3.63, 3.8) is 0 Å². The highest BCUT2D eigenvalue weighted by molar-refractivity contribution is 7.17. The molecule has 1 N–H and O–H groups in total. The molecule has 0 radical (unpaired) electrons. The van der Waals surface area contributed by atoms with Crippen molar-refractivity contribution in [2.24, 2.45) is 5.92 Å². The maximum Gasteiger partial charge on any atom is 0.341 e. The Morgan fingerprint density at radius 1 is 1.38 bits per heavy atom. The van der Waals surface area contributed by atoms with Crippen LogP contribution in [0.1, 0.15) is 57.2 Å². The lowest BCUT2D eigenvalue weighted by Gasteiger charge is -2.20. The van der Waals surface area contributed by atoms with Crippen molar-refractivity contribution < 1.29 is 14.3 Å². The monoisotopic (exact) mass is 363 g/mol. The van der Waals surface area contributed by atoms with Crippen LogP contribution in [0.3, 0.4) is 0 Å². The molecular formula is C18H21NO3S2. The molecule has 0 aromatic carbocycles. The van der Waals surface area contributed by atoms with Gasteiger partial charge in [-0.3, -0.25) is 4.79 Å². The van der Waals surface area contributed by atoms with Gasteiger partial charge in [0.25, 0.3) is 5.91 Å². The molecule has 6 heteroatoms. The summed E-state index contributed by atoms with van der Waals surface area (Å²) >= 11 is 2.92. The zero-order valence-corrected chi connectivity index (χ0v) is 15.5. The average Bonchev–Trinajstić information content (AvgIpc) is 3.21. The number of fused-ring (bicyclic) bond motifs is 1. The minimum absolute atomic E-state index is 0.166. The molecule has 2 aromatic heterocycles. The molecule has 2 heterocycles. The number of carbonyl (C=O) groups is 2. The molecule has 1 amide bonds. The van der Waals surface area contributed by atoms with Gasteiger partial charge >= 0.3 is 5.97 Å². The quantitative estimate of drug-likeness (QED) is 0.780. The Hall–Kier alpha value is -1.66. The van der Waals surface area contributed by atoms with Gasteiger partial charge in [-0.25, -0.2) is 4.79 Å². The second-order valence-electron chi connectivity index (χ2n) is 5.88. The molecule has 0 saturated carbocycles. The van der Waals surface area contributed by atoms with E-state index in [9.17, 15) is 9.59 Å². The summed E-state index contributed by atoms with van der Waals surface area (Å²) in [7, 11) is 0.